The van der Waals surface area contributed by atoms with Gasteiger partial charge in [-0.15, -0.1) is 0 Å². The number of hydrogen-bond acceptors (Lipinski definition) is 4. The first-order chi connectivity index (χ1) is 14.5. The zero-order chi connectivity index (χ0) is 21.1. The van der Waals surface area contributed by atoms with Gasteiger partial charge in [0.2, 0.25) is 5.91 Å². The first-order valence-electron chi connectivity index (χ1n) is 10.2. The number of ether oxygens (including phenoxy) is 1. The van der Waals surface area contributed by atoms with Crippen LogP contribution in [0.25, 0.3) is 5.65 Å². The summed E-state index contributed by atoms with van der Waals surface area (Å²) in [6, 6.07) is 11.0. The van der Waals surface area contributed by atoms with E-state index in [1.54, 1.807) is 30.5 Å². The van der Waals surface area contributed by atoms with Crippen LogP contribution in [0.3, 0.4) is 0 Å². The Morgan fingerprint density at radius 2 is 2.00 bits per heavy atom. The molecule has 3 aromatic rings. The van der Waals surface area contributed by atoms with Crippen molar-refractivity contribution in [3.8, 4) is 5.75 Å². The molecule has 1 saturated heterocycles. The van der Waals surface area contributed by atoms with Gasteiger partial charge in [-0.25, -0.2) is 4.98 Å². The SMILES string of the molecule is CC(C)C(=O)N1CC[C@@H](Oc2ccc(C(=O)NCc3ccn4ccnc4c3)cc2)C1. The van der Waals surface area contributed by atoms with Crippen LogP contribution < -0.4 is 10.1 Å². The molecule has 0 unspecified atom stereocenters. The lowest BCUT2D eigenvalue weighted by molar-refractivity contribution is -0.133. The van der Waals surface area contributed by atoms with Crippen molar-refractivity contribution in [1.82, 2.24) is 19.6 Å². The highest BCUT2D eigenvalue weighted by atomic mass is 16.5. The van der Waals surface area contributed by atoms with Crippen molar-refractivity contribution < 1.29 is 14.3 Å². The molecule has 1 N–H and O–H groups in total. The number of imidazole rings is 1. The highest BCUT2D eigenvalue weighted by molar-refractivity contribution is 5.94. The van der Waals surface area contributed by atoms with Gasteiger partial charge in [-0.3, -0.25) is 9.59 Å². The number of rotatable bonds is 6. The van der Waals surface area contributed by atoms with Crippen molar-refractivity contribution >= 4 is 17.5 Å². The van der Waals surface area contributed by atoms with E-state index < -0.39 is 0 Å². The van der Waals surface area contributed by atoms with Gasteiger partial charge < -0.3 is 19.4 Å². The molecule has 0 saturated carbocycles. The fourth-order valence-corrected chi connectivity index (χ4v) is 3.61. The van der Waals surface area contributed by atoms with Gasteiger partial charge in [0.15, 0.2) is 0 Å². The number of nitrogens with zero attached hydrogens (tertiary/aromatic N) is 3. The number of benzene rings is 1. The zero-order valence-corrected chi connectivity index (χ0v) is 17.2. The zero-order valence-electron chi connectivity index (χ0n) is 17.2. The van der Waals surface area contributed by atoms with Crippen LogP contribution in [0.2, 0.25) is 0 Å². The number of aromatic nitrogens is 2. The minimum absolute atomic E-state index is 0.00293. The average Bonchev–Trinajstić information content (AvgIpc) is 3.41. The van der Waals surface area contributed by atoms with Gasteiger partial charge in [0.25, 0.3) is 5.91 Å². The summed E-state index contributed by atoms with van der Waals surface area (Å²) in [5.41, 5.74) is 2.42. The largest absolute Gasteiger partial charge is 0.489 e. The van der Waals surface area contributed by atoms with Gasteiger partial charge in [-0.1, -0.05) is 13.8 Å². The fourth-order valence-electron chi connectivity index (χ4n) is 3.61. The molecule has 1 aliphatic rings. The minimum Gasteiger partial charge on any atom is -0.489 e. The Balaban J connectivity index is 1.29. The number of carbonyl (C=O) groups is 2. The summed E-state index contributed by atoms with van der Waals surface area (Å²) in [4.78, 5) is 30.7. The standard InChI is InChI=1S/C23H26N4O3/c1-16(2)23(29)27-11-8-20(15-27)30-19-5-3-18(4-6-19)22(28)25-14-17-7-10-26-12-9-24-21(26)13-17/h3-7,9-10,12-13,16,20H,8,11,14-15H2,1-2H3,(H,25,28)/t20-/m1/s1. The van der Waals surface area contributed by atoms with Gasteiger partial charge in [0.05, 0.1) is 6.54 Å². The molecule has 30 heavy (non-hydrogen) atoms. The van der Waals surface area contributed by atoms with E-state index >= 15 is 0 Å². The van der Waals surface area contributed by atoms with Gasteiger partial charge in [-0.2, -0.15) is 0 Å². The highest BCUT2D eigenvalue weighted by Crippen LogP contribution is 2.20. The molecule has 0 aliphatic carbocycles. The van der Waals surface area contributed by atoms with E-state index in [9.17, 15) is 9.59 Å². The lowest BCUT2D eigenvalue weighted by atomic mass is 10.2. The Labute approximate surface area is 175 Å². The first kappa shape index (κ1) is 19.9. The van der Waals surface area contributed by atoms with Gasteiger partial charge in [0.1, 0.15) is 17.5 Å². The molecule has 7 nitrogen and oxygen atoms in total. The lowest BCUT2D eigenvalue weighted by Crippen LogP contribution is -2.33. The number of carbonyl (C=O) groups excluding carboxylic acids is 2. The van der Waals surface area contributed by atoms with Crippen LogP contribution in [-0.4, -0.2) is 45.3 Å². The second-order valence-electron chi connectivity index (χ2n) is 7.90. The average molecular weight is 406 g/mol. The highest BCUT2D eigenvalue weighted by Gasteiger charge is 2.28. The second-order valence-corrected chi connectivity index (χ2v) is 7.90. The normalized spacial score (nSPS) is 16.2. The molecule has 1 atom stereocenters. The topological polar surface area (TPSA) is 75.9 Å². The Morgan fingerprint density at radius 3 is 2.77 bits per heavy atom. The molecule has 7 heteroatoms. The molecule has 1 aliphatic heterocycles. The van der Waals surface area contributed by atoms with Crippen LogP contribution >= 0.6 is 0 Å². The van der Waals surface area contributed by atoms with Crippen molar-refractivity contribution in [2.75, 3.05) is 13.1 Å². The predicted octanol–water partition coefficient (Wildman–Crippen LogP) is 2.90. The third kappa shape index (κ3) is 4.45. The quantitative estimate of drug-likeness (QED) is 0.683. The second kappa shape index (κ2) is 8.57. The Kier molecular flexibility index (Phi) is 5.70. The van der Waals surface area contributed by atoms with Gasteiger partial charge in [-0.05, 0) is 42.0 Å². The summed E-state index contributed by atoms with van der Waals surface area (Å²) in [7, 11) is 0. The van der Waals surface area contributed by atoms with Crippen LogP contribution in [0.4, 0.5) is 0 Å². The Bertz CT molecular complexity index is 1040. The molecule has 0 bridgehead atoms. The number of amides is 2. The van der Waals surface area contributed by atoms with E-state index in [4.69, 9.17) is 4.74 Å². The summed E-state index contributed by atoms with van der Waals surface area (Å²) >= 11 is 0. The van der Waals surface area contributed by atoms with E-state index in [1.165, 1.54) is 0 Å². The molecular formula is C23H26N4O3. The maximum Gasteiger partial charge on any atom is 0.251 e. The molecule has 0 spiro atoms. The van der Waals surface area contributed by atoms with Crippen LogP contribution in [0.5, 0.6) is 5.75 Å². The molecule has 156 valence electrons. The summed E-state index contributed by atoms with van der Waals surface area (Å²) in [6.45, 7) is 5.60. The summed E-state index contributed by atoms with van der Waals surface area (Å²) in [6.07, 6.45) is 6.36. The molecule has 0 radical (unpaired) electrons. The Morgan fingerprint density at radius 1 is 1.20 bits per heavy atom. The lowest BCUT2D eigenvalue weighted by Gasteiger charge is -2.19. The van der Waals surface area contributed by atoms with Crippen molar-refractivity contribution in [1.29, 1.82) is 0 Å². The molecule has 4 rings (SSSR count). The summed E-state index contributed by atoms with van der Waals surface area (Å²) in [5, 5.41) is 2.93. The van der Waals surface area contributed by atoms with Crippen LogP contribution in [-0.2, 0) is 11.3 Å². The van der Waals surface area contributed by atoms with Crippen LogP contribution in [0.15, 0.2) is 55.0 Å². The van der Waals surface area contributed by atoms with Crippen molar-refractivity contribution in [3.63, 3.8) is 0 Å². The third-order valence-corrected chi connectivity index (χ3v) is 5.29. The maximum atomic E-state index is 12.5. The van der Waals surface area contributed by atoms with Gasteiger partial charge >= 0.3 is 0 Å². The smallest absolute Gasteiger partial charge is 0.251 e. The molecule has 3 heterocycles. The molecule has 2 aromatic heterocycles. The summed E-state index contributed by atoms with van der Waals surface area (Å²) in [5.74, 6) is 0.739. The van der Waals surface area contributed by atoms with Crippen LogP contribution in [0.1, 0.15) is 36.2 Å². The van der Waals surface area contributed by atoms with E-state index in [0.717, 1.165) is 24.2 Å². The molecule has 1 fully saturated rings. The minimum atomic E-state index is -0.140. The Hall–Kier alpha value is -3.35. The molecular weight excluding hydrogens is 380 g/mol. The third-order valence-electron chi connectivity index (χ3n) is 5.29. The number of nitrogens with one attached hydrogen (secondary N) is 1. The van der Waals surface area contributed by atoms with Gasteiger partial charge in [0, 0.05) is 49.6 Å². The summed E-state index contributed by atoms with van der Waals surface area (Å²) < 4.78 is 7.92. The number of hydrogen-bond donors (Lipinski definition) is 1. The van der Waals surface area contributed by atoms with E-state index in [2.05, 4.69) is 10.3 Å². The van der Waals surface area contributed by atoms with Crippen molar-refractivity contribution in [3.05, 3.63) is 66.1 Å². The van der Waals surface area contributed by atoms with Crippen LogP contribution in [0, 0.1) is 5.92 Å². The maximum absolute atomic E-state index is 12.5. The number of pyridine rings is 1. The monoisotopic (exact) mass is 406 g/mol. The number of likely N-dealkylation sites (tertiary alicyclic amines) is 1. The first-order valence-corrected chi connectivity index (χ1v) is 10.2. The van der Waals surface area contributed by atoms with Crippen molar-refractivity contribution in [2.24, 2.45) is 5.92 Å². The van der Waals surface area contributed by atoms with E-state index in [1.807, 2.05) is 47.7 Å². The van der Waals surface area contributed by atoms with Crippen molar-refractivity contribution in [2.45, 2.75) is 32.9 Å². The predicted molar refractivity (Wildman–Crippen MR) is 113 cm³/mol. The molecule has 2 amide bonds. The fraction of sp³-hybridized carbons (Fsp3) is 0.348. The van der Waals surface area contributed by atoms with E-state index in [0.29, 0.717) is 24.4 Å². The number of fused-ring (bicyclic) bond motifs is 1. The van der Waals surface area contributed by atoms with E-state index in [-0.39, 0.29) is 23.8 Å². The molecule has 1 aromatic carbocycles.